The van der Waals surface area contributed by atoms with Crippen LogP contribution in [0.3, 0.4) is 0 Å². The van der Waals surface area contributed by atoms with Crippen LogP contribution in [0.25, 0.3) is 0 Å². The number of carbonyl (C=O) groups excluding carboxylic acids is 1. The van der Waals surface area contributed by atoms with Crippen LogP contribution in [-0.2, 0) is 11.0 Å². The molecule has 3 rings (SSSR count). The van der Waals surface area contributed by atoms with Crippen LogP contribution in [0.4, 0.5) is 13.2 Å². The first kappa shape index (κ1) is 16.1. The van der Waals surface area contributed by atoms with Crippen LogP contribution in [0.5, 0.6) is 0 Å². The number of aromatic amines is 1. The second-order valence-electron chi connectivity index (χ2n) is 6.35. The van der Waals surface area contributed by atoms with E-state index < -0.39 is 11.9 Å². The molecule has 126 valence electrons. The lowest BCUT2D eigenvalue weighted by molar-refractivity contribution is -0.141. The molecule has 23 heavy (non-hydrogen) atoms. The second-order valence-corrected chi connectivity index (χ2v) is 6.35. The van der Waals surface area contributed by atoms with E-state index in [9.17, 15) is 18.0 Å². The molecule has 1 N–H and O–H groups in total. The molecule has 1 aliphatic heterocycles. The Morgan fingerprint density at radius 1 is 1.39 bits per heavy atom. The predicted molar refractivity (Wildman–Crippen MR) is 78.6 cm³/mol. The quantitative estimate of drug-likeness (QED) is 0.864. The SMILES string of the molecule is O=C(CC1C=CCC1)N1CCCC(c2cc(C(F)(F)F)n[nH]2)C1. The van der Waals surface area contributed by atoms with Crippen molar-refractivity contribution in [3.8, 4) is 0 Å². The molecule has 0 spiro atoms. The Bertz CT molecular complexity index is 594. The molecule has 1 aromatic rings. The average molecular weight is 327 g/mol. The molecule has 1 aromatic heterocycles. The Balaban J connectivity index is 1.62. The minimum Gasteiger partial charge on any atom is -0.342 e. The molecule has 2 unspecified atom stereocenters. The molecule has 2 atom stereocenters. The molecule has 7 heteroatoms. The van der Waals surface area contributed by atoms with Gasteiger partial charge in [0, 0.05) is 31.1 Å². The lowest BCUT2D eigenvalue weighted by Gasteiger charge is -2.32. The number of alkyl halides is 3. The van der Waals surface area contributed by atoms with Crippen LogP contribution in [0.1, 0.15) is 49.4 Å². The molecule has 1 amide bonds. The van der Waals surface area contributed by atoms with Crippen molar-refractivity contribution in [1.29, 1.82) is 0 Å². The fourth-order valence-electron chi connectivity index (χ4n) is 3.37. The Kier molecular flexibility index (Phi) is 4.46. The summed E-state index contributed by atoms with van der Waals surface area (Å²) in [5.41, 5.74) is -0.428. The number of H-pyrrole nitrogens is 1. The highest BCUT2D eigenvalue weighted by Gasteiger charge is 2.35. The van der Waals surface area contributed by atoms with E-state index in [1.807, 2.05) is 0 Å². The number of nitrogens with one attached hydrogen (secondary N) is 1. The molecule has 0 aromatic carbocycles. The van der Waals surface area contributed by atoms with Crippen molar-refractivity contribution < 1.29 is 18.0 Å². The van der Waals surface area contributed by atoms with Gasteiger partial charge in [0.15, 0.2) is 5.69 Å². The smallest absolute Gasteiger partial charge is 0.342 e. The lowest BCUT2D eigenvalue weighted by Crippen LogP contribution is -2.39. The van der Waals surface area contributed by atoms with Gasteiger partial charge in [0.25, 0.3) is 0 Å². The lowest BCUT2D eigenvalue weighted by atomic mass is 9.93. The number of likely N-dealkylation sites (tertiary alicyclic amines) is 1. The largest absolute Gasteiger partial charge is 0.435 e. The van der Waals surface area contributed by atoms with Gasteiger partial charge in [-0.2, -0.15) is 18.3 Å². The molecule has 0 radical (unpaired) electrons. The zero-order chi connectivity index (χ0) is 16.4. The van der Waals surface area contributed by atoms with Crippen molar-refractivity contribution in [1.82, 2.24) is 15.1 Å². The number of nitrogens with zero attached hydrogens (tertiary/aromatic N) is 2. The summed E-state index contributed by atoms with van der Waals surface area (Å²) in [5, 5.41) is 5.85. The van der Waals surface area contributed by atoms with Gasteiger partial charge in [-0.05, 0) is 37.7 Å². The van der Waals surface area contributed by atoms with Gasteiger partial charge in [-0.1, -0.05) is 12.2 Å². The number of piperidine rings is 1. The third kappa shape index (κ3) is 3.76. The maximum atomic E-state index is 12.6. The molecular formula is C16H20F3N3O. The predicted octanol–water partition coefficient (Wildman–Crippen LogP) is 3.49. The van der Waals surface area contributed by atoms with Crippen molar-refractivity contribution >= 4 is 5.91 Å². The molecule has 0 bridgehead atoms. The van der Waals surface area contributed by atoms with E-state index in [4.69, 9.17) is 0 Å². The number of allylic oxidation sites excluding steroid dienone is 2. The number of aromatic nitrogens is 2. The van der Waals surface area contributed by atoms with E-state index in [-0.39, 0.29) is 11.8 Å². The molecule has 1 aliphatic carbocycles. The molecule has 0 saturated carbocycles. The maximum Gasteiger partial charge on any atom is 0.435 e. The zero-order valence-corrected chi connectivity index (χ0v) is 12.8. The van der Waals surface area contributed by atoms with Gasteiger partial charge >= 0.3 is 6.18 Å². The fraction of sp³-hybridized carbons (Fsp3) is 0.625. The minimum absolute atomic E-state index is 0.0989. The van der Waals surface area contributed by atoms with Gasteiger partial charge < -0.3 is 4.90 Å². The number of carbonyl (C=O) groups is 1. The highest BCUT2D eigenvalue weighted by atomic mass is 19.4. The van der Waals surface area contributed by atoms with Crippen molar-refractivity contribution in [2.24, 2.45) is 5.92 Å². The normalized spacial score (nSPS) is 25.1. The molecular weight excluding hydrogens is 307 g/mol. The molecule has 2 heterocycles. The van der Waals surface area contributed by atoms with Gasteiger partial charge in [-0.15, -0.1) is 0 Å². The Labute approximate surface area is 132 Å². The highest BCUT2D eigenvalue weighted by molar-refractivity contribution is 5.77. The number of hydrogen-bond donors (Lipinski definition) is 1. The summed E-state index contributed by atoms with van der Waals surface area (Å²) in [5.74, 6) is 0.309. The van der Waals surface area contributed by atoms with Crippen molar-refractivity contribution in [2.75, 3.05) is 13.1 Å². The Morgan fingerprint density at radius 3 is 2.87 bits per heavy atom. The third-order valence-corrected chi connectivity index (χ3v) is 4.65. The van der Waals surface area contributed by atoms with Gasteiger partial charge in [-0.25, -0.2) is 0 Å². The summed E-state index contributed by atoms with van der Waals surface area (Å²) < 4.78 is 37.9. The first-order chi connectivity index (χ1) is 10.9. The standard InChI is InChI=1S/C16H20F3N3O/c17-16(18,19)14-9-13(20-21-14)12-6-3-7-22(10-12)15(23)8-11-4-1-2-5-11/h1,4,9,11-12H,2-3,5-8,10H2,(H,20,21). The molecule has 2 aliphatic rings. The van der Waals surface area contributed by atoms with Crippen molar-refractivity contribution in [3.63, 3.8) is 0 Å². The van der Waals surface area contributed by atoms with Crippen LogP contribution in [0, 0.1) is 5.92 Å². The zero-order valence-electron chi connectivity index (χ0n) is 12.8. The summed E-state index contributed by atoms with van der Waals surface area (Å²) >= 11 is 0. The monoisotopic (exact) mass is 327 g/mol. The topological polar surface area (TPSA) is 49.0 Å². The average Bonchev–Trinajstić information content (AvgIpc) is 3.18. The van der Waals surface area contributed by atoms with Crippen LogP contribution < -0.4 is 0 Å². The van der Waals surface area contributed by atoms with Gasteiger partial charge in [-0.3, -0.25) is 9.89 Å². The first-order valence-corrected chi connectivity index (χ1v) is 8.00. The van der Waals surface area contributed by atoms with E-state index in [1.54, 1.807) is 4.90 Å². The van der Waals surface area contributed by atoms with Crippen LogP contribution in [-0.4, -0.2) is 34.1 Å². The number of hydrogen-bond acceptors (Lipinski definition) is 2. The van der Waals surface area contributed by atoms with Crippen molar-refractivity contribution in [2.45, 2.75) is 44.2 Å². The Hall–Kier alpha value is -1.79. The third-order valence-electron chi connectivity index (χ3n) is 4.65. The van der Waals surface area contributed by atoms with Crippen LogP contribution in [0.15, 0.2) is 18.2 Å². The maximum absolute atomic E-state index is 12.6. The summed E-state index contributed by atoms with van der Waals surface area (Å²) in [7, 11) is 0. The van der Waals surface area contributed by atoms with E-state index in [0.717, 1.165) is 31.7 Å². The van der Waals surface area contributed by atoms with Crippen LogP contribution in [0.2, 0.25) is 0 Å². The van der Waals surface area contributed by atoms with E-state index in [0.29, 0.717) is 31.1 Å². The summed E-state index contributed by atoms with van der Waals surface area (Å²) in [6.45, 7) is 1.15. The minimum atomic E-state index is -4.44. The summed E-state index contributed by atoms with van der Waals surface area (Å²) in [4.78, 5) is 14.2. The highest BCUT2D eigenvalue weighted by Crippen LogP contribution is 2.32. The van der Waals surface area contributed by atoms with Gasteiger partial charge in [0.1, 0.15) is 0 Å². The van der Waals surface area contributed by atoms with Crippen molar-refractivity contribution in [3.05, 3.63) is 29.6 Å². The van der Waals surface area contributed by atoms with E-state index in [1.165, 1.54) is 0 Å². The number of halogens is 3. The van der Waals surface area contributed by atoms with Crippen LogP contribution >= 0.6 is 0 Å². The Morgan fingerprint density at radius 2 is 2.22 bits per heavy atom. The number of amides is 1. The summed E-state index contributed by atoms with van der Waals surface area (Å²) in [6, 6.07) is 1.07. The summed E-state index contributed by atoms with van der Waals surface area (Å²) in [6.07, 6.45) is 3.86. The van der Waals surface area contributed by atoms with Gasteiger partial charge in [0.2, 0.25) is 5.91 Å². The first-order valence-electron chi connectivity index (χ1n) is 8.00. The van der Waals surface area contributed by atoms with Gasteiger partial charge in [0.05, 0.1) is 0 Å². The molecule has 4 nitrogen and oxygen atoms in total. The molecule has 1 saturated heterocycles. The second kappa shape index (κ2) is 6.37. The van der Waals surface area contributed by atoms with E-state index >= 15 is 0 Å². The number of rotatable bonds is 3. The van der Waals surface area contributed by atoms with E-state index in [2.05, 4.69) is 22.3 Å². The molecule has 1 fully saturated rings. The fourth-order valence-corrected chi connectivity index (χ4v) is 3.37.